The van der Waals surface area contributed by atoms with Gasteiger partial charge in [0.15, 0.2) is 0 Å². The van der Waals surface area contributed by atoms with Crippen LogP contribution in [-0.4, -0.2) is 5.91 Å². The molecule has 1 N–H and O–H groups in total. The zero-order chi connectivity index (χ0) is 16.2. The van der Waals surface area contributed by atoms with Gasteiger partial charge in [-0.2, -0.15) is 13.2 Å². The predicted octanol–water partition coefficient (Wildman–Crippen LogP) is 3.70. The largest absolute Gasteiger partial charge is 0.416 e. The lowest BCUT2D eigenvalue weighted by molar-refractivity contribution is -0.137. The summed E-state index contributed by atoms with van der Waals surface area (Å²) in [6.45, 7) is 0.0339. The molecule has 2 nitrogen and oxygen atoms in total. The van der Waals surface area contributed by atoms with E-state index in [1.165, 1.54) is 18.2 Å². The van der Waals surface area contributed by atoms with Crippen molar-refractivity contribution in [1.82, 2.24) is 5.32 Å². The fourth-order valence-electron chi connectivity index (χ4n) is 1.90. The van der Waals surface area contributed by atoms with Gasteiger partial charge in [0.1, 0.15) is 5.82 Å². The number of hydrogen-bond donors (Lipinski definition) is 1. The molecule has 0 saturated carbocycles. The van der Waals surface area contributed by atoms with Crippen molar-refractivity contribution >= 4 is 5.91 Å². The van der Waals surface area contributed by atoms with E-state index in [4.69, 9.17) is 0 Å². The monoisotopic (exact) mass is 311 g/mol. The SMILES string of the molecule is O=C(Cc1ccc(C(F)(F)F)cc1)NCc1ccccc1F. The number of amides is 1. The third-order valence-corrected chi connectivity index (χ3v) is 3.08. The first-order valence-corrected chi connectivity index (χ1v) is 6.52. The van der Waals surface area contributed by atoms with Crippen molar-refractivity contribution in [2.45, 2.75) is 19.1 Å². The predicted molar refractivity (Wildman–Crippen MR) is 73.4 cm³/mol. The summed E-state index contributed by atoms with van der Waals surface area (Å²) in [6, 6.07) is 10.4. The molecule has 0 unspecified atom stereocenters. The van der Waals surface area contributed by atoms with E-state index in [1.54, 1.807) is 18.2 Å². The lowest BCUT2D eigenvalue weighted by atomic mass is 10.1. The van der Waals surface area contributed by atoms with Gasteiger partial charge >= 0.3 is 6.18 Å². The first-order chi connectivity index (χ1) is 10.4. The molecule has 2 rings (SSSR count). The summed E-state index contributed by atoms with van der Waals surface area (Å²) in [5, 5.41) is 2.53. The number of benzene rings is 2. The van der Waals surface area contributed by atoms with E-state index in [0.717, 1.165) is 12.1 Å². The zero-order valence-corrected chi connectivity index (χ0v) is 11.5. The molecule has 22 heavy (non-hydrogen) atoms. The van der Waals surface area contributed by atoms with Crippen LogP contribution in [0.25, 0.3) is 0 Å². The Morgan fingerprint density at radius 3 is 2.23 bits per heavy atom. The molecule has 0 aliphatic rings. The lowest BCUT2D eigenvalue weighted by Crippen LogP contribution is -2.25. The van der Waals surface area contributed by atoms with Crippen LogP contribution in [0.3, 0.4) is 0 Å². The third kappa shape index (κ3) is 4.31. The highest BCUT2D eigenvalue weighted by Crippen LogP contribution is 2.29. The summed E-state index contributed by atoms with van der Waals surface area (Å²) in [4.78, 5) is 11.7. The van der Waals surface area contributed by atoms with Gasteiger partial charge in [0, 0.05) is 12.1 Å². The topological polar surface area (TPSA) is 29.1 Å². The van der Waals surface area contributed by atoms with Crippen molar-refractivity contribution in [3.8, 4) is 0 Å². The van der Waals surface area contributed by atoms with Crippen LogP contribution in [0.2, 0.25) is 0 Å². The smallest absolute Gasteiger partial charge is 0.352 e. The van der Waals surface area contributed by atoms with Crippen molar-refractivity contribution < 1.29 is 22.4 Å². The van der Waals surface area contributed by atoms with Gasteiger partial charge in [-0.1, -0.05) is 30.3 Å². The highest BCUT2D eigenvalue weighted by atomic mass is 19.4. The molecule has 0 saturated heterocycles. The van der Waals surface area contributed by atoms with Crippen LogP contribution in [0.5, 0.6) is 0 Å². The van der Waals surface area contributed by atoms with Crippen LogP contribution in [0, 0.1) is 5.82 Å². The van der Waals surface area contributed by atoms with Crippen molar-refractivity contribution in [2.24, 2.45) is 0 Å². The fraction of sp³-hybridized carbons (Fsp3) is 0.188. The first-order valence-electron chi connectivity index (χ1n) is 6.52. The van der Waals surface area contributed by atoms with Gasteiger partial charge in [0.05, 0.1) is 12.0 Å². The summed E-state index contributed by atoms with van der Waals surface area (Å²) in [7, 11) is 0. The molecule has 0 aliphatic heterocycles. The van der Waals surface area contributed by atoms with Crippen molar-refractivity contribution in [2.75, 3.05) is 0 Å². The van der Waals surface area contributed by atoms with Gasteiger partial charge in [-0.25, -0.2) is 4.39 Å². The molecular weight excluding hydrogens is 298 g/mol. The van der Waals surface area contributed by atoms with E-state index < -0.39 is 17.6 Å². The summed E-state index contributed by atoms with van der Waals surface area (Å²) in [6.07, 6.45) is -4.46. The highest BCUT2D eigenvalue weighted by Gasteiger charge is 2.29. The van der Waals surface area contributed by atoms with Gasteiger partial charge in [-0.05, 0) is 23.8 Å². The summed E-state index contributed by atoms with van der Waals surface area (Å²) in [5.74, 6) is -0.805. The number of nitrogens with one attached hydrogen (secondary N) is 1. The molecule has 0 heterocycles. The number of halogens is 4. The minimum Gasteiger partial charge on any atom is -0.352 e. The van der Waals surface area contributed by atoms with Gasteiger partial charge in [0.2, 0.25) is 5.91 Å². The Bertz CT molecular complexity index is 650. The van der Waals surface area contributed by atoms with E-state index in [2.05, 4.69) is 5.32 Å². The van der Waals surface area contributed by atoms with Gasteiger partial charge < -0.3 is 5.32 Å². The number of rotatable bonds is 4. The molecule has 2 aromatic rings. The van der Waals surface area contributed by atoms with Crippen LogP contribution < -0.4 is 5.32 Å². The standard InChI is InChI=1S/C16H13F4NO/c17-14-4-2-1-3-12(14)10-21-15(22)9-11-5-7-13(8-6-11)16(18,19)20/h1-8H,9-10H2,(H,21,22). The van der Waals surface area contributed by atoms with Crippen molar-refractivity contribution in [1.29, 1.82) is 0 Å². The summed E-state index contributed by atoms with van der Waals surface area (Å²) < 4.78 is 50.6. The molecule has 0 aromatic heterocycles. The van der Waals surface area contributed by atoms with E-state index in [9.17, 15) is 22.4 Å². The Morgan fingerprint density at radius 2 is 1.64 bits per heavy atom. The second-order valence-electron chi connectivity index (χ2n) is 4.74. The Hall–Kier alpha value is -2.37. The Morgan fingerprint density at radius 1 is 1.00 bits per heavy atom. The van der Waals surface area contributed by atoms with Crippen molar-refractivity contribution in [3.05, 3.63) is 71.0 Å². The molecule has 0 atom stereocenters. The maximum atomic E-state index is 13.4. The molecule has 2 aromatic carbocycles. The summed E-state index contributed by atoms with van der Waals surface area (Å²) in [5.41, 5.74) is 0.0466. The number of carbonyl (C=O) groups excluding carboxylic acids is 1. The first kappa shape index (κ1) is 16.0. The van der Waals surface area contributed by atoms with Crippen LogP contribution >= 0.6 is 0 Å². The second kappa shape index (κ2) is 6.60. The quantitative estimate of drug-likeness (QED) is 0.857. The molecule has 0 radical (unpaired) electrons. The zero-order valence-electron chi connectivity index (χ0n) is 11.5. The van der Waals surface area contributed by atoms with E-state index >= 15 is 0 Å². The average molecular weight is 311 g/mol. The fourth-order valence-corrected chi connectivity index (χ4v) is 1.90. The van der Waals surface area contributed by atoms with Crippen LogP contribution in [0.1, 0.15) is 16.7 Å². The second-order valence-corrected chi connectivity index (χ2v) is 4.74. The normalized spacial score (nSPS) is 11.3. The summed E-state index contributed by atoms with van der Waals surface area (Å²) >= 11 is 0. The molecular formula is C16H13F4NO. The average Bonchev–Trinajstić information content (AvgIpc) is 2.46. The maximum Gasteiger partial charge on any atom is 0.416 e. The highest BCUT2D eigenvalue weighted by molar-refractivity contribution is 5.78. The minimum atomic E-state index is -4.40. The molecule has 1 amide bonds. The van der Waals surface area contributed by atoms with Gasteiger partial charge in [-0.15, -0.1) is 0 Å². The van der Waals surface area contributed by atoms with Gasteiger partial charge in [-0.3, -0.25) is 4.79 Å². The molecule has 0 fully saturated rings. The van der Waals surface area contributed by atoms with Crippen LogP contribution in [0.4, 0.5) is 17.6 Å². The Balaban J connectivity index is 1.91. The molecule has 0 spiro atoms. The van der Waals surface area contributed by atoms with E-state index in [0.29, 0.717) is 11.1 Å². The number of hydrogen-bond acceptors (Lipinski definition) is 1. The number of carbonyl (C=O) groups is 1. The lowest BCUT2D eigenvalue weighted by Gasteiger charge is -2.08. The molecule has 6 heteroatoms. The van der Waals surface area contributed by atoms with Crippen LogP contribution in [0.15, 0.2) is 48.5 Å². The third-order valence-electron chi connectivity index (χ3n) is 3.08. The van der Waals surface area contributed by atoms with E-state index in [-0.39, 0.29) is 18.9 Å². The molecule has 0 aliphatic carbocycles. The Labute approximate surface area is 124 Å². The Kier molecular flexibility index (Phi) is 4.80. The van der Waals surface area contributed by atoms with Gasteiger partial charge in [0.25, 0.3) is 0 Å². The van der Waals surface area contributed by atoms with E-state index in [1.807, 2.05) is 0 Å². The number of alkyl halides is 3. The van der Waals surface area contributed by atoms with Crippen LogP contribution in [-0.2, 0) is 23.9 Å². The maximum absolute atomic E-state index is 13.4. The molecule has 0 bridgehead atoms. The molecule has 116 valence electrons. The minimum absolute atomic E-state index is 0.0339. The van der Waals surface area contributed by atoms with Crippen molar-refractivity contribution in [3.63, 3.8) is 0 Å².